The predicted octanol–water partition coefficient (Wildman–Crippen LogP) is 2.89. The smallest absolute Gasteiger partial charge is 0.186 e. The van der Waals surface area contributed by atoms with E-state index in [1.54, 1.807) is 19.1 Å². The number of hydrogen-bond donors (Lipinski definition) is 1. The van der Waals surface area contributed by atoms with Crippen LogP contribution in [0.2, 0.25) is 4.34 Å². The van der Waals surface area contributed by atoms with Crippen molar-refractivity contribution in [1.82, 2.24) is 9.97 Å². The van der Waals surface area contributed by atoms with Crippen LogP contribution >= 0.6 is 22.9 Å². The molecule has 0 atom stereocenters. The molecule has 0 amide bonds. The zero-order valence-corrected chi connectivity index (χ0v) is 9.36. The number of aromatic nitrogens is 2. The summed E-state index contributed by atoms with van der Waals surface area (Å²) in [6.07, 6.45) is 0. The van der Waals surface area contributed by atoms with Crippen LogP contribution in [0.5, 0.6) is 0 Å². The Kier molecular flexibility index (Phi) is 2.58. The molecule has 0 bridgehead atoms. The Morgan fingerprint density at radius 2 is 2.13 bits per heavy atom. The Balaban J connectivity index is 2.55. The van der Waals surface area contributed by atoms with Crippen LogP contribution in [0, 0.1) is 12.7 Å². The lowest BCUT2D eigenvalue weighted by atomic mass is 10.3. The predicted molar refractivity (Wildman–Crippen MR) is 59.5 cm³/mol. The van der Waals surface area contributed by atoms with Gasteiger partial charge >= 0.3 is 0 Å². The van der Waals surface area contributed by atoms with Gasteiger partial charge in [0.1, 0.15) is 0 Å². The second-order valence-electron chi connectivity index (χ2n) is 2.94. The van der Waals surface area contributed by atoms with Crippen LogP contribution in [-0.4, -0.2) is 9.97 Å². The minimum Gasteiger partial charge on any atom is -0.381 e. The largest absolute Gasteiger partial charge is 0.381 e. The molecule has 0 radical (unpaired) electrons. The number of nitrogens with zero attached hydrogens (tertiary/aromatic N) is 2. The fraction of sp³-hybridized carbons (Fsp3) is 0.111. The number of hydrogen-bond acceptors (Lipinski definition) is 4. The van der Waals surface area contributed by atoms with Crippen LogP contribution in [0.3, 0.4) is 0 Å². The number of nitrogens with two attached hydrogens (primary N) is 1. The minimum absolute atomic E-state index is 0.137. The molecule has 0 aromatic carbocycles. The molecule has 15 heavy (non-hydrogen) atoms. The summed E-state index contributed by atoms with van der Waals surface area (Å²) in [7, 11) is 0. The summed E-state index contributed by atoms with van der Waals surface area (Å²) in [4.78, 5) is 8.64. The van der Waals surface area contributed by atoms with E-state index in [2.05, 4.69) is 9.97 Å². The van der Waals surface area contributed by atoms with Gasteiger partial charge in [0, 0.05) is 0 Å². The second-order valence-corrected chi connectivity index (χ2v) is 4.65. The summed E-state index contributed by atoms with van der Waals surface area (Å²) in [5, 5.41) is 0. The van der Waals surface area contributed by atoms with Gasteiger partial charge in [-0.15, -0.1) is 11.3 Å². The van der Waals surface area contributed by atoms with Gasteiger partial charge in [0.15, 0.2) is 17.5 Å². The minimum atomic E-state index is -0.568. The van der Waals surface area contributed by atoms with E-state index in [0.29, 0.717) is 10.2 Å². The van der Waals surface area contributed by atoms with Crippen LogP contribution in [0.4, 0.5) is 10.2 Å². The first kappa shape index (κ1) is 10.3. The van der Waals surface area contributed by atoms with Gasteiger partial charge in [-0.05, 0) is 19.1 Å². The first-order valence-electron chi connectivity index (χ1n) is 4.13. The molecule has 0 aliphatic carbocycles. The molecule has 0 aliphatic heterocycles. The van der Waals surface area contributed by atoms with E-state index in [0.717, 1.165) is 4.88 Å². The van der Waals surface area contributed by atoms with E-state index in [1.807, 2.05) is 0 Å². The molecule has 2 heterocycles. The number of aryl methyl sites for hydroxylation is 1. The van der Waals surface area contributed by atoms with Crippen LogP contribution in [-0.2, 0) is 0 Å². The van der Waals surface area contributed by atoms with Crippen LogP contribution in [0.1, 0.15) is 5.69 Å². The summed E-state index contributed by atoms with van der Waals surface area (Å²) >= 11 is 7.11. The van der Waals surface area contributed by atoms with Crippen molar-refractivity contribution in [3.8, 4) is 10.7 Å². The highest BCUT2D eigenvalue weighted by Crippen LogP contribution is 2.29. The van der Waals surface area contributed by atoms with Gasteiger partial charge in [-0.1, -0.05) is 11.6 Å². The Morgan fingerprint density at radius 1 is 1.40 bits per heavy atom. The van der Waals surface area contributed by atoms with Crippen molar-refractivity contribution >= 4 is 28.8 Å². The monoisotopic (exact) mass is 243 g/mol. The topological polar surface area (TPSA) is 51.8 Å². The Morgan fingerprint density at radius 3 is 2.67 bits per heavy atom. The molecule has 0 fully saturated rings. The molecule has 0 spiro atoms. The molecule has 2 rings (SSSR count). The van der Waals surface area contributed by atoms with Crippen molar-refractivity contribution in [3.63, 3.8) is 0 Å². The molecule has 2 N–H and O–H groups in total. The van der Waals surface area contributed by atoms with Gasteiger partial charge in [0.2, 0.25) is 0 Å². The first-order valence-corrected chi connectivity index (χ1v) is 5.32. The van der Waals surface area contributed by atoms with E-state index < -0.39 is 5.82 Å². The maximum absolute atomic E-state index is 13.2. The van der Waals surface area contributed by atoms with Crippen molar-refractivity contribution in [2.45, 2.75) is 6.92 Å². The Hall–Kier alpha value is -1.20. The van der Waals surface area contributed by atoms with Gasteiger partial charge in [-0.3, -0.25) is 0 Å². The standard InChI is InChI=1S/C9H7ClFN3S/c1-4-7(11)8(12)14-9(13-4)5-2-3-6(10)15-5/h2-3H,1H3,(H2,12,13,14). The van der Waals surface area contributed by atoms with E-state index in [-0.39, 0.29) is 11.5 Å². The van der Waals surface area contributed by atoms with E-state index in [9.17, 15) is 4.39 Å². The molecule has 6 heteroatoms. The lowest BCUT2D eigenvalue weighted by molar-refractivity contribution is 0.608. The number of anilines is 1. The molecule has 0 unspecified atom stereocenters. The zero-order valence-electron chi connectivity index (χ0n) is 7.79. The Labute approximate surface area is 94.7 Å². The molecule has 0 saturated heterocycles. The molecular formula is C9H7ClFN3S. The first-order chi connectivity index (χ1) is 7.08. The van der Waals surface area contributed by atoms with Crippen molar-refractivity contribution in [2.24, 2.45) is 0 Å². The van der Waals surface area contributed by atoms with Gasteiger partial charge in [0.05, 0.1) is 14.9 Å². The van der Waals surface area contributed by atoms with E-state index >= 15 is 0 Å². The average Bonchev–Trinajstić information content (AvgIpc) is 2.60. The quantitative estimate of drug-likeness (QED) is 0.838. The highest BCUT2D eigenvalue weighted by Gasteiger charge is 2.11. The lowest BCUT2D eigenvalue weighted by Gasteiger charge is -2.02. The zero-order chi connectivity index (χ0) is 11.0. The second kappa shape index (κ2) is 3.75. The summed E-state index contributed by atoms with van der Waals surface area (Å²) < 4.78 is 13.8. The molecule has 3 nitrogen and oxygen atoms in total. The highest BCUT2D eigenvalue weighted by molar-refractivity contribution is 7.19. The van der Waals surface area contributed by atoms with Gasteiger partial charge in [0.25, 0.3) is 0 Å². The van der Waals surface area contributed by atoms with Crippen molar-refractivity contribution < 1.29 is 4.39 Å². The van der Waals surface area contributed by atoms with Crippen molar-refractivity contribution in [2.75, 3.05) is 5.73 Å². The number of halogens is 2. The van der Waals surface area contributed by atoms with E-state index in [1.165, 1.54) is 11.3 Å². The third-order valence-corrected chi connectivity index (χ3v) is 3.06. The maximum atomic E-state index is 13.2. The van der Waals surface area contributed by atoms with Gasteiger partial charge in [-0.2, -0.15) is 0 Å². The van der Waals surface area contributed by atoms with Crippen LogP contribution in [0.15, 0.2) is 12.1 Å². The van der Waals surface area contributed by atoms with Crippen LogP contribution < -0.4 is 5.73 Å². The van der Waals surface area contributed by atoms with Crippen molar-refractivity contribution in [3.05, 3.63) is 28.0 Å². The summed E-state index contributed by atoms with van der Waals surface area (Å²) in [6, 6.07) is 3.51. The Bertz CT molecular complexity index is 489. The van der Waals surface area contributed by atoms with Crippen molar-refractivity contribution in [1.29, 1.82) is 0 Å². The fourth-order valence-corrected chi connectivity index (χ4v) is 2.10. The summed E-state index contributed by atoms with van der Waals surface area (Å²) in [5.41, 5.74) is 5.65. The summed E-state index contributed by atoms with van der Waals surface area (Å²) in [5.74, 6) is -0.299. The average molecular weight is 244 g/mol. The maximum Gasteiger partial charge on any atom is 0.186 e. The third-order valence-electron chi connectivity index (χ3n) is 1.84. The number of thiophene rings is 1. The van der Waals surface area contributed by atoms with E-state index in [4.69, 9.17) is 17.3 Å². The SMILES string of the molecule is Cc1nc(-c2ccc(Cl)s2)nc(N)c1F. The van der Waals surface area contributed by atoms with Crippen LogP contribution in [0.25, 0.3) is 10.7 Å². The molecular weight excluding hydrogens is 237 g/mol. The van der Waals surface area contributed by atoms with Gasteiger partial charge in [-0.25, -0.2) is 14.4 Å². The summed E-state index contributed by atoms with van der Waals surface area (Å²) in [6.45, 7) is 1.55. The molecule has 2 aromatic heterocycles. The normalized spacial score (nSPS) is 10.6. The highest BCUT2D eigenvalue weighted by atomic mass is 35.5. The van der Waals surface area contributed by atoms with Gasteiger partial charge < -0.3 is 5.73 Å². The number of nitrogen functional groups attached to an aromatic ring is 1. The fourth-order valence-electron chi connectivity index (χ4n) is 1.13. The number of rotatable bonds is 1. The lowest BCUT2D eigenvalue weighted by Crippen LogP contribution is -2.02. The molecule has 2 aromatic rings. The molecule has 0 saturated carbocycles. The molecule has 0 aliphatic rings. The third kappa shape index (κ3) is 1.93. The molecule has 78 valence electrons.